The van der Waals surface area contributed by atoms with Gasteiger partial charge in [-0.25, -0.2) is 0 Å². The molecule has 2 amide bonds. The van der Waals surface area contributed by atoms with E-state index in [9.17, 15) is 9.59 Å². The first-order valence-electron chi connectivity index (χ1n) is 10.1. The summed E-state index contributed by atoms with van der Waals surface area (Å²) < 4.78 is 11.3. The van der Waals surface area contributed by atoms with Gasteiger partial charge in [-0.15, -0.1) is 0 Å². The molecule has 6 nitrogen and oxygen atoms in total. The van der Waals surface area contributed by atoms with Gasteiger partial charge in [-0.3, -0.25) is 9.59 Å². The predicted molar refractivity (Wildman–Crippen MR) is 113 cm³/mol. The second-order valence-corrected chi connectivity index (χ2v) is 7.28. The van der Waals surface area contributed by atoms with Crippen LogP contribution in [0.25, 0.3) is 0 Å². The van der Waals surface area contributed by atoms with Gasteiger partial charge in [0.05, 0.1) is 6.10 Å². The highest BCUT2D eigenvalue weighted by Crippen LogP contribution is 2.18. The first-order valence-corrected chi connectivity index (χ1v) is 10.1. The van der Waals surface area contributed by atoms with Crippen LogP contribution < -0.4 is 15.4 Å². The molecule has 0 saturated carbocycles. The van der Waals surface area contributed by atoms with Crippen molar-refractivity contribution in [2.75, 3.05) is 18.5 Å². The zero-order chi connectivity index (χ0) is 20.6. The second kappa shape index (κ2) is 10.1. The first kappa shape index (κ1) is 20.9. The Kier molecular flexibility index (Phi) is 7.25. The van der Waals surface area contributed by atoms with E-state index in [1.807, 2.05) is 13.8 Å². The van der Waals surface area contributed by atoms with Crippen LogP contribution in [0, 0.1) is 0 Å². The number of hydrogen-bond donors (Lipinski definition) is 2. The molecule has 2 unspecified atom stereocenters. The Morgan fingerprint density at radius 1 is 1.07 bits per heavy atom. The van der Waals surface area contributed by atoms with E-state index in [2.05, 4.69) is 10.6 Å². The summed E-state index contributed by atoms with van der Waals surface area (Å²) in [6, 6.07) is 14.0. The van der Waals surface area contributed by atoms with Crippen molar-refractivity contribution in [3.63, 3.8) is 0 Å². The molecule has 1 heterocycles. The fourth-order valence-corrected chi connectivity index (χ4v) is 2.98. The van der Waals surface area contributed by atoms with Crippen molar-refractivity contribution < 1.29 is 19.1 Å². The number of ether oxygens (including phenoxy) is 2. The molecule has 1 aliphatic heterocycles. The average Bonchev–Trinajstić information content (AvgIpc) is 3.26. The van der Waals surface area contributed by atoms with Crippen molar-refractivity contribution >= 4 is 17.5 Å². The smallest absolute Gasteiger partial charge is 0.255 e. The summed E-state index contributed by atoms with van der Waals surface area (Å²) in [4.78, 5) is 24.6. The molecule has 2 N–H and O–H groups in total. The van der Waals surface area contributed by atoms with Gasteiger partial charge in [-0.05, 0) is 74.7 Å². The molecule has 0 bridgehead atoms. The van der Waals surface area contributed by atoms with Gasteiger partial charge in [0.25, 0.3) is 11.8 Å². The SMILES string of the molecule is CCC(C)NC(=O)c1ccc(NC(=O)c2ccc(OCC3CCCO3)cc2)cc1. The summed E-state index contributed by atoms with van der Waals surface area (Å²) in [6.07, 6.45) is 3.14. The lowest BCUT2D eigenvalue weighted by molar-refractivity contribution is 0.0679. The Labute approximate surface area is 171 Å². The third kappa shape index (κ3) is 6.06. The quantitative estimate of drug-likeness (QED) is 0.706. The van der Waals surface area contributed by atoms with Gasteiger partial charge >= 0.3 is 0 Å². The minimum absolute atomic E-state index is 0.115. The van der Waals surface area contributed by atoms with Crippen molar-refractivity contribution in [3.8, 4) is 5.75 Å². The molecule has 29 heavy (non-hydrogen) atoms. The van der Waals surface area contributed by atoms with Crippen LogP contribution in [0.15, 0.2) is 48.5 Å². The van der Waals surface area contributed by atoms with E-state index in [-0.39, 0.29) is 24.0 Å². The molecule has 154 valence electrons. The fourth-order valence-electron chi connectivity index (χ4n) is 2.98. The summed E-state index contributed by atoms with van der Waals surface area (Å²) in [5.74, 6) is 0.386. The van der Waals surface area contributed by atoms with E-state index >= 15 is 0 Å². The van der Waals surface area contributed by atoms with Crippen molar-refractivity contribution in [1.29, 1.82) is 0 Å². The second-order valence-electron chi connectivity index (χ2n) is 7.28. The largest absolute Gasteiger partial charge is 0.491 e. The number of carbonyl (C=O) groups is 2. The molecule has 1 saturated heterocycles. The Morgan fingerprint density at radius 3 is 2.34 bits per heavy atom. The summed E-state index contributed by atoms with van der Waals surface area (Å²) >= 11 is 0. The van der Waals surface area contributed by atoms with E-state index in [1.165, 1.54) is 0 Å². The summed E-state index contributed by atoms with van der Waals surface area (Å²) in [5.41, 5.74) is 1.73. The molecule has 3 rings (SSSR count). The van der Waals surface area contributed by atoms with Gasteiger partial charge in [0.15, 0.2) is 0 Å². The van der Waals surface area contributed by atoms with Gasteiger partial charge in [-0.1, -0.05) is 6.92 Å². The van der Waals surface area contributed by atoms with Gasteiger partial charge < -0.3 is 20.1 Å². The lowest BCUT2D eigenvalue weighted by atomic mass is 10.1. The molecule has 2 aromatic rings. The van der Waals surface area contributed by atoms with Gasteiger partial charge in [0.2, 0.25) is 0 Å². The predicted octanol–water partition coefficient (Wildman–Crippen LogP) is 4.03. The van der Waals surface area contributed by atoms with E-state index in [0.29, 0.717) is 29.2 Å². The molecule has 2 aromatic carbocycles. The molecule has 0 aliphatic carbocycles. The molecule has 0 radical (unpaired) electrons. The van der Waals surface area contributed by atoms with Crippen LogP contribution in [0.3, 0.4) is 0 Å². The van der Waals surface area contributed by atoms with Crippen molar-refractivity contribution in [2.24, 2.45) is 0 Å². The maximum atomic E-state index is 12.4. The van der Waals surface area contributed by atoms with E-state index < -0.39 is 0 Å². The number of nitrogens with one attached hydrogen (secondary N) is 2. The Balaban J connectivity index is 1.52. The van der Waals surface area contributed by atoms with Crippen molar-refractivity contribution in [1.82, 2.24) is 5.32 Å². The normalized spacial score (nSPS) is 16.8. The van der Waals surface area contributed by atoms with Crippen molar-refractivity contribution in [2.45, 2.75) is 45.3 Å². The van der Waals surface area contributed by atoms with Crippen LogP contribution in [-0.2, 0) is 4.74 Å². The topological polar surface area (TPSA) is 76.7 Å². The minimum atomic E-state index is -0.215. The molecular weight excluding hydrogens is 368 g/mol. The lowest BCUT2D eigenvalue weighted by Crippen LogP contribution is -2.31. The van der Waals surface area contributed by atoms with Crippen LogP contribution >= 0.6 is 0 Å². The van der Waals surface area contributed by atoms with Crippen LogP contribution in [0.1, 0.15) is 53.8 Å². The molecule has 0 spiro atoms. The highest BCUT2D eigenvalue weighted by Gasteiger charge is 2.16. The highest BCUT2D eigenvalue weighted by atomic mass is 16.5. The minimum Gasteiger partial charge on any atom is -0.491 e. The van der Waals surface area contributed by atoms with E-state index in [0.717, 1.165) is 25.9 Å². The number of benzene rings is 2. The maximum absolute atomic E-state index is 12.4. The van der Waals surface area contributed by atoms with E-state index in [4.69, 9.17) is 9.47 Å². The number of hydrogen-bond acceptors (Lipinski definition) is 4. The third-order valence-corrected chi connectivity index (χ3v) is 4.97. The Bertz CT molecular complexity index is 812. The van der Waals surface area contributed by atoms with Crippen LogP contribution in [-0.4, -0.2) is 37.2 Å². The zero-order valence-electron chi connectivity index (χ0n) is 16.9. The van der Waals surface area contributed by atoms with Gasteiger partial charge in [-0.2, -0.15) is 0 Å². The summed E-state index contributed by atoms with van der Waals surface area (Å²) in [5, 5.41) is 5.76. The average molecular weight is 396 g/mol. The Morgan fingerprint density at radius 2 is 1.72 bits per heavy atom. The molecule has 1 fully saturated rings. The van der Waals surface area contributed by atoms with Crippen LogP contribution in [0.4, 0.5) is 5.69 Å². The third-order valence-electron chi connectivity index (χ3n) is 4.97. The Hall–Kier alpha value is -2.86. The number of anilines is 1. The number of carbonyl (C=O) groups excluding carboxylic acids is 2. The van der Waals surface area contributed by atoms with Crippen LogP contribution in [0.2, 0.25) is 0 Å². The highest BCUT2D eigenvalue weighted by molar-refractivity contribution is 6.04. The molecular formula is C23H28N2O4. The lowest BCUT2D eigenvalue weighted by Gasteiger charge is -2.12. The first-order chi connectivity index (χ1) is 14.0. The zero-order valence-corrected chi connectivity index (χ0v) is 16.9. The van der Waals surface area contributed by atoms with Crippen LogP contribution in [0.5, 0.6) is 5.75 Å². The maximum Gasteiger partial charge on any atom is 0.255 e. The summed E-state index contributed by atoms with van der Waals surface area (Å²) in [7, 11) is 0. The van der Waals surface area contributed by atoms with E-state index in [1.54, 1.807) is 48.5 Å². The van der Waals surface area contributed by atoms with Gasteiger partial charge in [0.1, 0.15) is 12.4 Å². The summed E-state index contributed by atoms with van der Waals surface area (Å²) in [6.45, 7) is 5.32. The molecule has 6 heteroatoms. The van der Waals surface area contributed by atoms with Gasteiger partial charge in [0, 0.05) is 29.5 Å². The monoisotopic (exact) mass is 396 g/mol. The number of rotatable bonds is 8. The van der Waals surface area contributed by atoms with Crippen molar-refractivity contribution in [3.05, 3.63) is 59.7 Å². The fraction of sp³-hybridized carbons (Fsp3) is 0.391. The number of amides is 2. The molecule has 2 atom stereocenters. The molecule has 1 aliphatic rings. The standard InChI is InChI=1S/C23H28N2O4/c1-3-16(2)24-22(26)17-6-10-19(11-7-17)25-23(27)18-8-12-20(13-9-18)29-15-21-5-4-14-28-21/h6-13,16,21H,3-5,14-15H2,1-2H3,(H,24,26)(H,25,27). The molecule has 0 aromatic heterocycles.